The molecular weight excluding hydrogens is 256 g/mol. The Balaban J connectivity index is 2.02. The van der Waals surface area contributed by atoms with Gasteiger partial charge < -0.3 is 10.5 Å². The molecule has 1 aliphatic rings. The number of carbonyl (C=O) groups excluding carboxylic acids is 2. The van der Waals surface area contributed by atoms with Gasteiger partial charge in [0, 0.05) is 18.2 Å². The predicted octanol–water partition coefficient (Wildman–Crippen LogP) is 1.75. The Bertz CT molecular complexity index is 691. The van der Waals surface area contributed by atoms with Crippen molar-refractivity contribution in [3.63, 3.8) is 0 Å². The number of benzene rings is 1. The highest BCUT2D eigenvalue weighted by atomic mass is 16.5. The molecule has 20 heavy (non-hydrogen) atoms. The number of hydrogen-bond acceptors (Lipinski definition) is 4. The molecule has 1 fully saturated rings. The Morgan fingerprint density at radius 2 is 2.10 bits per heavy atom. The Morgan fingerprint density at radius 1 is 1.25 bits per heavy atom. The second kappa shape index (κ2) is 5.02. The van der Waals surface area contributed by atoms with Crippen LogP contribution in [-0.4, -0.2) is 23.3 Å². The molecule has 2 heterocycles. The molecule has 2 N–H and O–H groups in total. The molecule has 1 saturated heterocycles. The van der Waals surface area contributed by atoms with Crippen molar-refractivity contribution >= 4 is 22.5 Å². The maximum absolute atomic E-state index is 11.6. The van der Waals surface area contributed by atoms with Crippen LogP contribution < -0.4 is 5.73 Å². The topological polar surface area (TPSA) is 82.3 Å². The second-order valence-corrected chi connectivity index (χ2v) is 4.87. The highest BCUT2D eigenvalue weighted by Gasteiger charge is 2.18. The van der Waals surface area contributed by atoms with Crippen LogP contribution in [0.25, 0.3) is 10.8 Å². The van der Waals surface area contributed by atoms with E-state index in [2.05, 4.69) is 4.98 Å². The summed E-state index contributed by atoms with van der Waals surface area (Å²) in [7, 11) is 0. The third kappa shape index (κ3) is 2.28. The van der Waals surface area contributed by atoms with Crippen LogP contribution in [0.15, 0.2) is 30.5 Å². The number of nitrogens with two attached hydrogens (primary N) is 1. The number of carbonyl (C=O) groups is 2. The van der Waals surface area contributed by atoms with E-state index in [1.807, 2.05) is 18.2 Å². The number of amides is 1. The van der Waals surface area contributed by atoms with E-state index < -0.39 is 11.7 Å². The van der Waals surface area contributed by atoms with Crippen LogP contribution in [0.1, 0.15) is 35.0 Å². The van der Waals surface area contributed by atoms with Crippen molar-refractivity contribution in [2.24, 2.45) is 5.73 Å². The fourth-order valence-corrected chi connectivity index (χ4v) is 2.45. The van der Waals surface area contributed by atoms with E-state index >= 15 is 0 Å². The van der Waals surface area contributed by atoms with Gasteiger partial charge in [-0.15, -0.1) is 0 Å². The first-order chi connectivity index (χ1) is 9.65. The summed E-state index contributed by atoms with van der Waals surface area (Å²) in [5.74, 6) is -1.76. The minimum atomic E-state index is -0.993. The van der Waals surface area contributed by atoms with Gasteiger partial charge in [0.1, 0.15) is 5.69 Å². The van der Waals surface area contributed by atoms with Gasteiger partial charge in [0.05, 0.1) is 6.10 Å². The minimum absolute atomic E-state index is 0.0782. The zero-order valence-corrected chi connectivity index (χ0v) is 10.8. The zero-order valence-electron chi connectivity index (χ0n) is 10.8. The van der Waals surface area contributed by atoms with E-state index in [9.17, 15) is 9.59 Å². The van der Waals surface area contributed by atoms with Crippen LogP contribution in [0.4, 0.5) is 0 Å². The molecule has 0 aliphatic carbocycles. The molecule has 3 rings (SSSR count). The summed E-state index contributed by atoms with van der Waals surface area (Å²) >= 11 is 0. The molecule has 0 radical (unpaired) electrons. The van der Waals surface area contributed by atoms with Crippen LogP contribution in [0.5, 0.6) is 0 Å². The SMILES string of the molecule is NC(=O)C(=O)c1cc2cc(C3CCCO3)ccc2cn1. The first-order valence-corrected chi connectivity index (χ1v) is 6.50. The average Bonchev–Trinajstić information content (AvgIpc) is 2.99. The minimum Gasteiger partial charge on any atom is -0.374 e. The lowest BCUT2D eigenvalue weighted by molar-refractivity contribution is -0.114. The van der Waals surface area contributed by atoms with Gasteiger partial charge in [-0.1, -0.05) is 12.1 Å². The van der Waals surface area contributed by atoms with Crippen LogP contribution in [0.2, 0.25) is 0 Å². The molecule has 5 heteroatoms. The van der Waals surface area contributed by atoms with Crippen molar-refractivity contribution in [3.8, 4) is 0 Å². The van der Waals surface area contributed by atoms with Gasteiger partial charge in [0.25, 0.3) is 11.7 Å². The van der Waals surface area contributed by atoms with E-state index in [0.29, 0.717) is 0 Å². The van der Waals surface area contributed by atoms with Crippen LogP contribution in [0.3, 0.4) is 0 Å². The third-order valence-corrected chi connectivity index (χ3v) is 3.50. The van der Waals surface area contributed by atoms with Crippen molar-refractivity contribution in [1.82, 2.24) is 4.98 Å². The number of ketones is 1. The van der Waals surface area contributed by atoms with Gasteiger partial charge in [0.15, 0.2) is 0 Å². The highest BCUT2D eigenvalue weighted by Crippen LogP contribution is 2.30. The summed E-state index contributed by atoms with van der Waals surface area (Å²) in [6, 6.07) is 7.53. The summed E-state index contributed by atoms with van der Waals surface area (Å²) in [6.45, 7) is 0.782. The first kappa shape index (κ1) is 12.7. The van der Waals surface area contributed by atoms with E-state index in [4.69, 9.17) is 10.5 Å². The van der Waals surface area contributed by atoms with Crippen LogP contribution >= 0.6 is 0 Å². The molecule has 1 atom stereocenters. The Labute approximate surface area is 115 Å². The summed E-state index contributed by atoms with van der Waals surface area (Å²) in [4.78, 5) is 26.5. The van der Waals surface area contributed by atoms with Gasteiger partial charge in [-0.05, 0) is 35.9 Å². The molecule has 2 aromatic rings. The summed E-state index contributed by atoms with van der Waals surface area (Å²) < 4.78 is 5.65. The standard InChI is InChI=1S/C15H14N2O3/c16-15(19)14(18)12-7-11-6-9(13-2-1-5-20-13)3-4-10(11)8-17-12/h3-4,6-8,13H,1-2,5H2,(H2,16,19). The molecule has 102 valence electrons. The van der Waals surface area contributed by atoms with Crippen LogP contribution in [-0.2, 0) is 9.53 Å². The molecule has 1 aliphatic heterocycles. The van der Waals surface area contributed by atoms with Gasteiger partial charge in [0.2, 0.25) is 0 Å². The molecule has 5 nitrogen and oxygen atoms in total. The normalized spacial score (nSPS) is 18.3. The number of nitrogens with zero attached hydrogens (tertiary/aromatic N) is 1. The van der Waals surface area contributed by atoms with E-state index in [1.165, 1.54) is 0 Å². The van der Waals surface area contributed by atoms with Gasteiger partial charge in [-0.25, -0.2) is 0 Å². The summed E-state index contributed by atoms with van der Waals surface area (Å²) in [6.07, 6.45) is 3.75. The maximum Gasteiger partial charge on any atom is 0.291 e. The number of ether oxygens (including phenoxy) is 1. The number of Topliss-reactive ketones (excluding diaryl/α,β-unsaturated/α-hetero) is 1. The smallest absolute Gasteiger partial charge is 0.291 e. The van der Waals surface area contributed by atoms with E-state index in [0.717, 1.165) is 35.8 Å². The van der Waals surface area contributed by atoms with E-state index in [-0.39, 0.29) is 11.8 Å². The second-order valence-electron chi connectivity index (χ2n) is 4.87. The number of hydrogen-bond donors (Lipinski definition) is 1. The predicted molar refractivity (Wildman–Crippen MR) is 73.2 cm³/mol. The average molecular weight is 270 g/mol. The largest absolute Gasteiger partial charge is 0.374 e. The number of primary amides is 1. The van der Waals surface area contributed by atoms with Gasteiger partial charge >= 0.3 is 0 Å². The Morgan fingerprint density at radius 3 is 2.80 bits per heavy atom. The van der Waals surface area contributed by atoms with Gasteiger partial charge in [-0.2, -0.15) is 0 Å². The molecule has 1 aromatic carbocycles. The fourth-order valence-electron chi connectivity index (χ4n) is 2.45. The van der Waals surface area contributed by atoms with Crippen molar-refractivity contribution < 1.29 is 14.3 Å². The molecule has 0 bridgehead atoms. The Kier molecular flexibility index (Phi) is 3.20. The number of rotatable bonds is 3. The summed E-state index contributed by atoms with van der Waals surface area (Å²) in [5, 5.41) is 1.77. The molecule has 0 spiro atoms. The van der Waals surface area contributed by atoms with Crippen molar-refractivity contribution in [3.05, 3.63) is 41.7 Å². The summed E-state index contributed by atoms with van der Waals surface area (Å²) in [5.41, 5.74) is 6.15. The molecule has 0 saturated carbocycles. The molecule has 1 unspecified atom stereocenters. The zero-order chi connectivity index (χ0) is 14.1. The quantitative estimate of drug-likeness (QED) is 0.680. The third-order valence-electron chi connectivity index (χ3n) is 3.50. The molecular formula is C15H14N2O3. The lowest BCUT2D eigenvalue weighted by Gasteiger charge is -2.10. The van der Waals surface area contributed by atoms with Crippen molar-refractivity contribution in [1.29, 1.82) is 0 Å². The van der Waals surface area contributed by atoms with Crippen molar-refractivity contribution in [2.75, 3.05) is 6.61 Å². The highest BCUT2D eigenvalue weighted by molar-refractivity contribution is 6.41. The number of aromatic nitrogens is 1. The number of pyridine rings is 1. The lowest BCUT2D eigenvalue weighted by Crippen LogP contribution is -2.23. The maximum atomic E-state index is 11.6. The number of fused-ring (bicyclic) bond motifs is 1. The monoisotopic (exact) mass is 270 g/mol. The lowest BCUT2D eigenvalue weighted by atomic mass is 10.0. The van der Waals surface area contributed by atoms with Crippen molar-refractivity contribution in [2.45, 2.75) is 18.9 Å². The van der Waals surface area contributed by atoms with E-state index in [1.54, 1.807) is 12.3 Å². The first-order valence-electron chi connectivity index (χ1n) is 6.50. The van der Waals surface area contributed by atoms with Crippen LogP contribution in [0, 0.1) is 0 Å². The van der Waals surface area contributed by atoms with Gasteiger partial charge in [-0.3, -0.25) is 14.6 Å². The molecule has 1 aromatic heterocycles. The molecule has 1 amide bonds. The fraction of sp³-hybridized carbons (Fsp3) is 0.267. The Hall–Kier alpha value is -2.27.